The van der Waals surface area contributed by atoms with E-state index in [2.05, 4.69) is 35.6 Å². The Labute approximate surface area is 189 Å². The van der Waals surface area contributed by atoms with Crippen LogP contribution in [0.2, 0.25) is 0 Å². The lowest BCUT2D eigenvalue weighted by atomic mass is 10.1. The molecule has 1 aromatic carbocycles. The summed E-state index contributed by atoms with van der Waals surface area (Å²) >= 11 is 3.41. The molecule has 1 aliphatic heterocycles. The zero-order valence-corrected chi connectivity index (χ0v) is 18.4. The second-order valence-electron chi connectivity index (χ2n) is 6.95. The van der Waals surface area contributed by atoms with Gasteiger partial charge in [-0.25, -0.2) is 4.98 Å². The molecule has 32 heavy (non-hydrogen) atoms. The van der Waals surface area contributed by atoms with Gasteiger partial charge in [-0.05, 0) is 46.3 Å². The van der Waals surface area contributed by atoms with Crippen molar-refractivity contribution in [2.45, 2.75) is 6.18 Å². The van der Waals surface area contributed by atoms with E-state index in [1.165, 1.54) is 6.20 Å². The largest absolute Gasteiger partial charge is 0.497 e. The topological polar surface area (TPSA) is 84.6 Å². The fourth-order valence-corrected chi connectivity index (χ4v) is 3.68. The zero-order chi connectivity index (χ0) is 22.9. The summed E-state index contributed by atoms with van der Waals surface area (Å²) in [5.74, 6) is -0.446. The quantitative estimate of drug-likeness (QED) is 0.525. The number of alkyl halides is 3. The third-order valence-corrected chi connectivity index (χ3v) is 5.66. The summed E-state index contributed by atoms with van der Waals surface area (Å²) < 4.78 is 48.0. The minimum Gasteiger partial charge on any atom is -0.497 e. The van der Waals surface area contributed by atoms with Gasteiger partial charge in [0.05, 0.1) is 12.7 Å². The van der Waals surface area contributed by atoms with Crippen LogP contribution in [0.15, 0.2) is 45.5 Å². The lowest BCUT2D eigenvalue weighted by Gasteiger charge is -2.35. The minimum absolute atomic E-state index is 0.101. The Bertz CT molecular complexity index is 1110. The van der Waals surface area contributed by atoms with Crippen molar-refractivity contribution in [2.75, 3.05) is 38.2 Å². The summed E-state index contributed by atoms with van der Waals surface area (Å²) in [5, 5.41) is 3.36. The highest BCUT2D eigenvalue weighted by Gasteiger charge is 2.38. The number of nitrogens with zero attached hydrogens (tertiary/aromatic N) is 5. The van der Waals surface area contributed by atoms with E-state index in [0.29, 0.717) is 53.3 Å². The molecule has 1 amide bonds. The number of carbonyl (C=O) groups excluding carboxylic acids is 1. The van der Waals surface area contributed by atoms with Crippen molar-refractivity contribution in [3.63, 3.8) is 0 Å². The summed E-state index contributed by atoms with van der Waals surface area (Å²) in [6, 6.07) is 8.50. The van der Waals surface area contributed by atoms with Gasteiger partial charge in [0.25, 0.3) is 5.91 Å². The number of benzene rings is 1. The SMILES string of the molecule is COc1ccc(Br)c(C(=O)N2CCN(c3ccc(-c4noc(C(F)(F)F)n4)cn3)CC2)c1. The standard InChI is InChI=1S/C20H17BrF3N5O3/c1-31-13-3-4-15(21)14(10-13)18(30)29-8-6-28(7-9-29)16-5-2-12(11-25-16)17-26-19(32-27-17)20(22,23)24/h2-5,10-11H,6-9H2,1H3. The Balaban J connectivity index is 1.40. The van der Waals surface area contributed by atoms with Gasteiger partial charge in [-0.3, -0.25) is 4.79 Å². The Morgan fingerprint density at radius 1 is 1.16 bits per heavy atom. The maximum atomic E-state index is 12.9. The Morgan fingerprint density at radius 3 is 2.50 bits per heavy atom. The molecular weight excluding hydrogens is 495 g/mol. The van der Waals surface area contributed by atoms with Gasteiger partial charge in [-0.15, -0.1) is 0 Å². The lowest BCUT2D eigenvalue weighted by molar-refractivity contribution is -0.159. The van der Waals surface area contributed by atoms with Crippen LogP contribution in [0, 0.1) is 0 Å². The van der Waals surface area contributed by atoms with Gasteiger partial charge in [-0.2, -0.15) is 18.2 Å². The number of hydrogen-bond donors (Lipinski definition) is 0. The number of anilines is 1. The first-order chi connectivity index (χ1) is 15.3. The maximum Gasteiger partial charge on any atom is 0.471 e. The molecule has 12 heteroatoms. The number of rotatable bonds is 4. The molecule has 2 aromatic heterocycles. The molecule has 0 spiro atoms. The third-order valence-electron chi connectivity index (χ3n) is 4.97. The Kier molecular flexibility index (Phi) is 6.04. The molecule has 168 valence electrons. The predicted molar refractivity (Wildman–Crippen MR) is 111 cm³/mol. The average molecular weight is 512 g/mol. The van der Waals surface area contributed by atoms with E-state index in [9.17, 15) is 18.0 Å². The van der Waals surface area contributed by atoms with Gasteiger partial charge in [0, 0.05) is 42.4 Å². The molecule has 0 unspecified atom stereocenters. The second kappa shape index (κ2) is 8.77. The summed E-state index contributed by atoms with van der Waals surface area (Å²) in [5.41, 5.74) is 0.836. The van der Waals surface area contributed by atoms with Crippen molar-refractivity contribution >= 4 is 27.7 Å². The molecule has 0 N–H and O–H groups in total. The molecular formula is C20H17BrF3N5O3. The van der Waals surface area contributed by atoms with Crippen LogP contribution in [0.3, 0.4) is 0 Å². The van der Waals surface area contributed by atoms with E-state index in [0.717, 1.165) is 0 Å². The lowest BCUT2D eigenvalue weighted by Crippen LogP contribution is -2.49. The third kappa shape index (κ3) is 4.54. The molecule has 0 atom stereocenters. The normalized spacial score (nSPS) is 14.5. The zero-order valence-electron chi connectivity index (χ0n) is 16.8. The number of methoxy groups -OCH3 is 1. The van der Waals surface area contributed by atoms with E-state index in [4.69, 9.17) is 4.74 Å². The van der Waals surface area contributed by atoms with Gasteiger partial charge in [0.2, 0.25) is 5.82 Å². The van der Waals surface area contributed by atoms with Crippen LogP contribution in [-0.4, -0.2) is 59.2 Å². The van der Waals surface area contributed by atoms with Crippen LogP contribution < -0.4 is 9.64 Å². The molecule has 1 fully saturated rings. The van der Waals surface area contributed by atoms with Crippen molar-refractivity contribution in [3.05, 3.63) is 52.5 Å². The Morgan fingerprint density at radius 2 is 1.91 bits per heavy atom. The van der Waals surface area contributed by atoms with Crippen LogP contribution in [0.5, 0.6) is 5.75 Å². The average Bonchev–Trinajstić information content (AvgIpc) is 3.30. The number of aromatic nitrogens is 3. The number of hydrogen-bond acceptors (Lipinski definition) is 7. The first kappa shape index (κ1) is 22.1. The van der Waals surface area contributed by atoms with Crippen LogP contribution in [0.4, 0.5) is 19.0 Å². The predicted octanol–water partition coefficient (Wildman–Crippen LogP) is 3.88. The summed E-state index contributed by atoms with van der Waals surface area (Å²) in [4.78, 5) is 24.3. The number of halogens is 4. The molecule has 0 radical (unpaired) electrons. The fraction of sp³-hybridized carbons (Fsp3) is 0.300. The van der Waals surface area contributed by atoms with Crippen molar-refractivity contribution in [1.29, 1.82) is 0 Å². The first-order valence-corrected chi connectivity index (χ1v) is 10.3. The number of ether oxygens (including phenoxy) is 1. The molecule has 3 aromatic rings. The fourth-order valence-electron chi connectivity index (χ4n) is 3.27. The summed E-state index contributed by atoms with van der Waals surface area (Å²) in [7, 11) is 1.54. The molecule has 1 aliphatic rings. The highest BCUT2D eigenvalue weighted by atomic mass is 79.9. The summed E-state index contributed by atoms with van der Waals surface area (Å²) in [6.45, 7) is 2.09. The minimum atomic E-state index is -4.70. The number of carbonyl (C=O) groups is 1. The van der Waals surface area contributed by atoms with Crippen LogP contribution >= 0.6 is 15.9 Å². The van der Waals surface area contributed by atoms with E-state index < -0.39 is 12.1 Å². The number of piperazine rings is 1. The molecule has 3 heterocycles. The summed E-state index contributed by atoms with van der Waals surface area (Å²) in [6.07, 6.45) is -3.30. The van der Waals surface area contributed by atoms with Gasteiger partial charge >= 0.3 is 12.1 Å². The molecule has 4 rings (SSSR count). The Hall–Kier alpha value is -3.15. The highest BCUT2D eigenvalue weighted by molar-refractivity contribution is 9.10. The van der Waals surface area contributed by atoms with Gasteiger partial charge < -0.3 is 19.1 Å². The second-order valence-corrected chi connectivity index (χ2v) is 7.81. The van der Waals surface area contributed by atoms with Gasteiger partial charge in [0.15, 0.2) is 0 Å². The molecule has 0 bridgehead atoms. The molecule has 0 aliphatic carbocycles. The van der Waals surface area contributed by atoms with Gasteiger partial charge in [0.1, 0.15) is 11.6 Å². The molecule has 0 saturated carbocycles. The smallest absolute Gasteiger partial charge is 0.471 e. The molecule has 1 saturated heterocycles. The van der Waals surface area contributed by atoms with Crippen LogP contribution in [0.1, 0.15) is 16.2 Å². The van der Waals surface area contributed by atoms with E-state index in [1.807, 2.05) is 4.90 Å². The number of pyridine rings is 1. The highest BCUT2D eigenvalue weighted by Crippen LogP contribution is 2.30. The first-order valence-electron chi connectivity index (χ1n) is 9.51. The van der Waals surface area contributed by atoms with E-state index in [-0.39, 0.29) is 11.7 Å². The van der Waals surface area contributed by atoms with E-state index in [1.54, 1.807) is 42.3 Å². The van der Waals surface area contributed by atoms with Crippen LogP contribution in [0.25, 0.3) is 11.4 Å². The number of amides is 1. The van der Waals surface area contributed by atoms with E-state index >= 15 is 0 Å². The van der Waals surface area contributed by atoms with Crippen molar-refractivity contribution in [1.82, 2.24) is 20.0 Å². The van der Waals surface area contributed by atoms with Crippen molar-refractivity contribution in [3.8, 4) is 17.1 Å². The van der Waals surface area contributed by atoms with Crippen LogP contribution in [-0.2, 0) is 6.18 Å². The van der Waals surface area contributed by atoms with Gasteiger partial charge in [-0.1, -0.05) is 5.16 Å². The van der Waals surface area contributed by atoms with Crippen molar-refractivity contribution in [2.24, 2.45) is 0 Å². The monoisotopic (exact) mass is 511 g/mol. The maximum absolute atomic E-state index is 12.9. The molecule has 8 nitrogen and oxygen atoms in total. The van der Waals surface area contributed by atoms with Crippen molar-refractivity contribution < 1.29 is 27.2 Å².